The summed E-state index contributed by atoms with van der Waals surface area (Å²) in [7, 11) is -3.27. The van der Waals surface area contributed by atoms with Gasteiger partial charge in [0, 0.05) is 43.7 Å². The summed E-state index contributed by atoms with van der Waals surface area (Å²) in [6.45, 7) is 3.28. The Balaban J connectivity index is 1.33. The van der Waals surface area contributed by atoms with Gasteiger partial charge in [-0.25, -0.2) is 13.4 Å². The van der Waals surface area contributed by atoms with Gasteiger partial charge in [0.2, 0.25) is 10.0 Å². The van der Waals surface area contributed by atoms with Gasteiger partial charge < -0.3 is 0 Å². The molecule has 0 N–H and O–H groups in total. The average Bonchev–Trinajstić information content (AvgIpc) is 3.18. The molecular weight excluding hydrogens is 390 g/mol. The molecule has 0 atom stereocenters. The Morgan fingerprint density at radius 1 is 0.893 bits per heavy atom. The highest BCUT2D eigenvalue weighted by Gasteiger charge is 2.27. The summed E-state index contributed by atoms with van der Waals surface area (Å²) < 4.78 is 27.0. The zero-order valence-electron chi connectivity index (χ0n) is 15.6. The Morgan fingerprint density at radius 2 is 1.54 bits per heavy atom. The number of benzene rings is 2. The fourth-order valence-corrected chi connectivity index (χ4v) is 5.70. The van der Waals surface area contributed by atoms with Gasteiger partial charge in [-0.1, -0.05) is 60.7 Å². The number of hydrogen-bond donors (Lipinski definition) is 0. The third-order valence-electron chi connectivity index (χ3n) is 4.87. The first kappa shape index (κ1) is 19.3. The molecule has 28 heavy (non-hydrogen) atoms. The van der Waals surface area contributed by atoms with Gasteiger partial charge in [0.15, 0.2) is 0 Å². The molecule has 1 aliphatic heterocycles. The van der Waals surface area contributed by atoms with Gasteiger partial charge in [-0.05, 0) is 5.56 Å². The normalized spacial score (nSPS) is 16.3. The molecule has 4 rings (SSSR count). The van der Waals surface area contributed by atoms with Crippen molar-refractivity contribution in [3.05, 3.63) is 77.3 Å². The third-order valence-corrected chi connectivity index (χ3v) is 7.66. The molecule has 3 aromatic rings. The van der Waals surface area contributed by atoms with Crippen molar-refractivity contribution in [3.8, 4) is 10.6 Å². The van der Waals surface area contributed by atoms with E-state index in [1.807, 2.05) is 48.5 Å². The van der Waals surface area contributed by atoms with Gasteiger partial charge in [0.05, 0.1) is 11.4 Å². The lowest BCUT2D eigenvalue weighted by molar-refractivity contribution is 0.180. The molecule has 1 fully saturated rings. The van der Waals surface area contributed by atoms with Crippen LogP contribution in [0.25, 0.3) is 10.6 Å². The smallest absolute Gasteiger partial charge is 0.218 e. The number of rotatable bonds is 6. The fourth-order valence-electron chi connectivity index (χ4n) is 3.36. The van der Waals surface area contributed by atoms with Crippen molar-refractivity contribution in [3.63, 3.8) is 0 Å². The van der Waals surface area contributed by atoms with Gasteiger partial charge in [0.1, 0.15) is 5.01 Å². The molecule has 146 valence electrons. The Hall–Kier alpha value is -2.06. The van der Waals surface area contributed by atoms with Gasteiger partial charge in [-0.3, -0.25) is 4.90 Å². The quantitative estimate of drug-likeness (QED) is 0.621. The lowest BCUT2D eigenvalue weighted by Gasteiger charge is -2.33. The SMILES string of the molecule is O=S(=O)(Cc1ccccc1)N1CCN(Cc2csc(-c3ccccc3)n2)CC1. The van der Waals surface area contributed by atoms with E-state index in [9.17, 15) is 8.42 Å². The summed E-state index contributed by atoms with van der Waals surface area (Å²) in [5.41, 5.74) is 3.01. The van der Waals surface area contributed by atoms with Crippen LogP contribution in [-0.2, 0) is 22.3 Å². The van der Waals surface area contributed by atoms with E-state index in [-0.39, 0.29) is 5.75 Å². The van der Waals surface area contributed by atoms with Crippen LogP contribution >= 0.6 is 11.3 Å². The second kappa shape index (κ2) is 8.53. The van der Waals surface area contributed by atoms with Crippen LogP contribution in [0.3, 0.4) is 0 Å². The maximum atomic E-state index is 12.7. The third kappa shape index (κ3) is 4.67. The van der Waals surface area contributed by atoms with E-state index >= 15 is 0 Å². The number of piperazine rings is 1. The highest BCUT2D eigenvalue weighted by molar-refractivity contribution is 7.88. The summed E-state index contributed by atoms with van der Waals surface area (Å²) >= 11 is 1.65. The molecule has 1 aromatic heterocycles. The van der Waals surface area contributed by atoms with Crippen LogP contribution in [0.2, 0.25) is 0 Å². The molecule has 0 aliphatic carbocycles. The minimum absolute atomic E-state index is 0.0698. The Labute approximate surface area is 170 Å². The maximum absolute atomic E-state index is 12.7. The van der Waals surface area contributed by atoms with E-state index in [2.05, 4.69) is 22.4 Å². The number of sulfonamides is 1. The number of hydrogen-bond acceptors (Lipinski definition) is 5. The van der Waals surface area contributed by atoms with Crippen LogP contribution in [0.5, 0.6) is 0 Å². The molecule has 1 aliphatic rings. The molecule has 0 saturated carbocycles. The van der Waals surface area contributed by atoms with Crippen LogP contribution in [0.1, 0.15) is 11.3 Å². The van der Waals surface area contributed by atoms with Crippen molar-refractivity contribution in [1.82, 2.24) is 14.2 Å². The standard InChI is InChI=1S/C21H23N3O2S2/c25-28(26,17-18-7-3-1-4-8-18)24-13-11-23(12-14-24)15-20-16-27-21(22-20)19-9-5-2-6-10-19/h1-10,16H,11-15,17H2. The molecule has 0 radical (unpaired) electrons. The van der Waals surface area contributed by atoms with Crippen LogP contribution in [0, 0.1) is 0 Å². The second-order valence-corrected chi connectivity index (χ2v) is 9.75. The van der Waals surface area contributed by atoms with E-state index in [0.29, 0.717) is 13.1 Å². The number of thiazole rings is 1. The predicted octanol–water partition coefficient (Wildman–Crippen LogP) is 3.46. The van der Waals surface area contributed by atoms with Crippen molar-refractivity contribution in [1.29, 1.82) is 0 Å². The number of aromatic nitrogens is 1. The monoisotopic (exact) mass is 413 g/mol. The Morgan fingerprint density at radius 3 is 2.21 bits per heavy atom. The zero-order chi connectivity index (χ0) is 19.4. The van der Waals surface area contributed by atoms with Crippen LogP contribution in [0.15, 0.2) is 66.0 Å². The molecule has 1 saturated heterocycles. The summed E-state index contributed by atoms with van der Waals surface area (Å²) in [4.78, 5) is 7.02. The molecule has 0 amide bonds. The largest absolute Gasteiger partial charge is 0.295 e. The van der Waals surface area contributed by atoms with Crippen molar-refractivity contribution >= 4 is 21.4 Å². The van der Waals surface area contributed by atoms with E-state index in [1.54, 1.807) is 15.6 Å². The second-order valence-electron chi connectivity index (χ2n) is 6.93. The first-order valence-electron chi connectivity index (χ1n) is 9.34. The summed E-state index contributed by atoms with van der Waals surface area (Å²) in [5.74, 6) is 0.0698. The van der Waals surface area contributed by atoms with Crippen LogP contribution in [-0.4, -0.2) is 48.8 Å². The van der Waals surface area contributed by atoms with Crippen molar-refractivity contribution in [2.24, 2.45) is 0 Å². The average molecular weight is 414 g/mol. The number of nitrogens with zero attached hydrogens (tertiary/aromatic N) is 3. The van der Waals surface area contributed by atoms with E-state index in [0.717, 1.165) is 41.5 Å². The predicted molar refractivity (Wildman–Crippen MR) is 113 cm³/mol. The molecule has 7 heteroatoms. The maximum Gasteiger partial charge on any atom is 0.218 e. The summed E-state index contributed by atoms with van der Waals surface area (Å²) in [5, 5.41) is 3.13. The van der Waals surface area contributed by atoms with E-state index in [4.69, 9.17) is 4.98 Å². The first-order chi connectivity index (χ1) is 13.6. The lowest BCUT2D eigenvalue weighted by Crippen LogP contribution is -2.48. The van der Waals surface area contributed by atoms with Crippen LogP contribution in [0.4, 0.5) is 0 Å². The molecule has 2 heterocycles. The minimum atomic E-state index is -3.27. The topological polar surface area (TPSA) is 53.5 Å². The van der Waals surface area contributed by atoms with E-state index < -0.39 is 10.0 Å². The van der Waals surface area contributed by atoms with Gasteiger partial charge in [-0.15, -0.1) is 11.3 Å². The highest BCUT2D eigenvalue weighted by atomic mass is 32.2. The highest BCUT2D eigenvalue weighted by Crippen LogP contribution is 2.24. The minimum Gasteiger partial charge on any atom is -0.295 e. The van der Waals surface area contributed by atoms with Gasteiger partial charge >= 0.3 is 0 Å². The molecular formula is C21H23N3O2S2. The van der Waals surface area contributed by atoms with Crippen molar-refractivity contribution < 1.29 is 8.42 Å². The summed E-state index contributed by atoms with van der Waals surface area (Å²) in [6, 6.07) is 19.6. The van der Waals surface area contributed by atoms with Crippen LogP contribution < -0.4 is 0 Å². The fraction of sp³-hybridized carbons (Fsp3) is 0.286. The molecule has 0 unspecified atom stereocenters. The van der Waals surface area contributed by atoms with Crippen molar-refractivity contribution in [2.45, 2.75) is 12.3 Å². The van der Waals surface area contributed by atoms with E-state index in [1.165, 1.54) is 0 Å². The lowest BCUT2D eigenvalue weighted by atomic mass is 10.2. The molecule has 2 aromatic carbocycles. The molecule has 5 nitrogen and oxygen atoms in total. The summed E-state index contributed by atoms with van der Waals surface area (Å²) in [6.07, 6.45) is 0. The molecule has 0 bridgehead atoms. The first-order valence-corrected chi connectivity index (χ1v) is 11.8. The van der Waals surface area contributed by atoms with Gasteiger partial charge in [-0.2, -0.15) is 4.31 Å². The Bertz CT molecular complexity index is 996. The zero-order valence-corrected chi connectivity index (χ0v) is 17.2. The molecule has 0 spiro atoms. The van der Waals surface area contributed by atoms with Crippen molar-refractivity contribution in [2.75, 3.05) is 26.2 Å². The Kier molecular flexibility index (Phi) is 5.87. The van der Waals surface area contributed by atoms with Gasteiger partial charge in [0.25, 0.3) is 0 Å².